The highest BCUT2D eigenvalue weighted by Gasteiger charge is 2.36. The lowest BCUT2D eigenvalue weighted by Crippen LogP contribution is -2.40. The fourth-order valence-corrected chi connectivity index (χ4v) is 2.42. The van der Waals surface area contributed by atoms with E-state index in [0.717, 1.165) is 25.8 Å². The van der Waals surface area contributed by atoms with Crippen molar-refractivity contribution in [2.75, 3.05) is 6.54 Å². The second-order valence-corrected chi connectivity index (χ2v) is 5.10. The predicted molar refractivity (Wildman–Crippen MR) is 77.7 cm³/mol. The zero-order valence-electron chi connectivity index (χ0n) is 12.4. The number of hydrogen-bond donors (Lipinski definition) is 1. The lowest BCUT2D eigenvalue weighted by atomic mass is 9.80. The zero-order valence-corrected chi connectivity index (χ0v) is 12.4. The largest absolute Gasteiger partial charge is 0.355 e. The second kappa shape index (κ2) is 8.36. The molecule has 110 valence electrons. The molecule has 1 amide bonds. The number of nitriles is 1. The van der Waals surface area contributed by atoms with E-state index >= 15 is 0 Å². The SMILES string of the molecule is CCCC(C#N)(CCC)C(=O)NCCCn1ccnc1. The third-order valence-electron chi connectivity index (χ3n) is 3.44. The van der Waals surface area contributed by atoms with E-state index in [1.54, 1.807) is 12.5 Å². The summed E-state index contributed by atoms with van der Waals surface area (Å²) in [6, 6.07) is 2.24. The lowest BCUT2D eigenvalue weighted by Gasteiger charge is -2.24. The quantitative estimate of drug-likeness (QED) is 0.704. The maximum Gasteiger partial charge on any atom is 0.240 e. The van der Waals surface area contributed by atoms with E-state index in [-0.39, 0.29) is 5.91 Å². The number of nitrogens with one attached hydrogen (secondary N) is 1. The summed E-state index contributed by atoms with van der Waals surface area (Å²) in [7, 11) is 0. The predicted octanol–water partition coefficient (Wildman–Crippen LogP) is 2.50. The number of aryl methyl sites for hydroxylation is 1. The molecular formula is C15H24N4O. The van der Waals surface area contributed by atoms with Crippen LogP contribution in [0.3, 0.4) is 0 Å². The van der Waals surface area contributed by atoms with Gasteiger partial charge in [-0.3, -0.25) is 4.79 Å². The van der Waals surface area contributed by atoms with Gasteiger partial charge in [-0.2, -0.15) is 5.26 Å². The highest BCUT2D eigenvalue weighted by atomic mass is 16.2. The fraction of sp³-hybridized carbons (Fsp3) is 0.667. The molecule has 0 saturated heterocycles. The monoisotopic (exact) mass is 276 g/mol. The Morgan fingerprint density at radius 1 is 1.40 bits per heavy atom. The summed E-state index contributed by atoms with van der Waals surface area (Å²) in [6.07, 6.45) is 9.18. The number of hydrogen-bond acceptors (Lipinski definition) is 3. The van der Waals surface area contributed by atoms with Crippen molar-refractivity contribution in [3.8, 4) is 6.07 Å². The Labute approximate surface area is 121 Å². The molecule has 1 aromatic rings. The number of amides is 1. The molecule has 20 heavy (non-hydrogen) atoms. The van der Waals surface area contributed by atoms with Crippen LogP contribution < -0.4 is 5.32 Å². The number of carbonyl (C=O) groups is 1. The second-order valence-electron chi connectivity index (χ2n) is 5.10. The molecule has 1 N–H and O–H groups in total. The van der Waals surface area contributed by atoms with Crippen LogP contribution in [0.2, 0.25) is 0 Å². The van der Waals surface area contributed by atoms with Gasteiger partial charge in [-0.1, -0.05) is 26.7 Å². The van der Waals surface area contributed by atoms with Gasteiger partial charge in [-0.05, 0) is 19.3 Å². The van der Waals surface area contributed by atoms with E-state index in [9.17, 15) is 10.1 Å². The van der Waals surface area contributed by atoms with Crippen LogP contribution in [0, 0.1) is 16.7 Å². The number of carbonyl (C=O) groups excluding carboxylic acids is 1. The first-order valence-electron chi connectivity index (χ1n) is 7.33. The first kappa shape index (κ1) is 16.2. The molecule has 0 unspecified atom stereocenters. The minimum Gasteiger partial charge on any atom is -0.355 e. The third kappa shape index (κ3) is 4.37. The van der Waals surface area contributed by atoms with E-state index in [2.05, 4.69) is 16.4 Å². The van der Waals surface area contributed by atoms with Crippen LogP contribution in [0.15, 0.2) is 18.7 Å². The van der Waals surface area contributed by atoms with Crippen molar-refractivity contribution < 1.29 is 4.79 Å². The first-order valence-corrected chi connectivity index (χ1v) is 7.33. The van der Waals surface area contributed by atoms with Gasteiger partial charge in [-0.25, -0.2) is 4.98 Å². The summed E-state index contributed by atoms with van der Waals surface area (Å²) in [4.78, 5) is 16.3. The summed E-state index contributed by atoms with van der Waals surface area (Å²) in [5.41, 5.74) is -0.849. The minimum absolute atomic E-state index is 0.116. The Hall–Kier alpha value is -1.83. The van der Waals surface area contributed by atoms with Crippen molar-refractivity contribution in [1.29, 1.82) is 5.26 Å². The molecule has 0 atom stereocenters. The van der Waals surface area contributed by atoms with Gasteiger partial charge >= 0.3 is 0 Å². The lowest BCUT2D eigenvalue weighted by molar-refractivity contribution is -0.128. The zero-order chi connectivity index (χ0) is 14.8. The van der Waals surface area contributed by atoms with Crippen LogP contribution in [0.4, 0.5) is 0 Å². The van der Waals surface area contributed by atoms with Crippen LogP contribution >= 0.6 is 0 Å². The van der Waals surface area contributed by atoms with E-state index in [0.29, 0.717) is 19.4 Å². The molecule has 1 aromatic heterocycles. The highest BCUT2D eigenvalue weighted by Crippen LogP contribution is 2.29. The maximum atomic E-state index is 12.3. The molecule has 5 nitrogen and oxygen atoms in total. The van der Waals surface area contributed by atoms with Gasteiger partial charge < -0.3 is 9.88 Å². The Kier molecular flexibility index (Phi) is 6.78. The van der Waals surface area contributed by atoms with Crippen LogP contribution in [0.1, 0.15) is 46.0 Å². The molecule has 0 aliphatic heterocycles. The molecular weight excluding hydrogens is 252 g/mol. The molecule has 5 heteroatoms. The molecule has 1 heterocycles. The van der Waals surface area contributed by atoms with Gasteiger partial charge in [0.15, 0.2) is 0 Å². The third-order valence-corrected chi connectivity index (χ3v) is 3.44. The average Bonchev–Trinajstić information content (AvgIpc) is 2.96. The van der Waals surface area contributed by atoms with Crippen LogP contribution in [0.25, 0.3) is 0 Å². The maximum absolute atomic E-state index is 12.3. The van der Waals surface area contributed by atoms with Gasteiger partial charge in [0.05, 0.1) is 12.4 Å². The number of rotatable bonds is 9. The first-order chi connectivity index (χ1) is 9.68. The molecule has 1 rings (SSSR count). The van der Waals surface area contributed by atoms with Crippen molar-refractivity contribution in [3.63, 3.8) is 0 Å². The number of aromatic nitrogens is 2. The van der Waals surface area contributed by atoms with Crippen LogP contribution in [-0.2, 0) is 11.3 Å². The van der Waals surface area contributed by atoms with E-state index in [1.807, 2.05) is 24.6 Å². The van der Waals surface area contributed by atoms with Gasteiger partial charge in [0, 0.05) is 25.5 Å². The molecule has 0 aliphatic rings. The average molecular weight is 276 g/mol. The topological polar surface area (TPSA) is 70.7 Å². The standard InChI is InChI=1S/C15H24N4O/c1-3-6-15(12-16,7-4-2)14(20)18-8-5-10-19-11-9-17-13-19/h9,11,13H,3-8,10H2,1-2H3,(H,18,20). The number of nitrogens with zero attached hydrogens (tertiary/aromatic N) is 3. The van der Waals surface area contributed by atoms with Crippen molar-refractivity contribution >= 4 is 5.91 Å². The summed E-state index contributed by atoms with van der Waals surface area (Å²) in [5.74, 6) is -0.116. The van der Waals surface area contributed by atoms with Crippen molar-refractivity contribution in [1.82, 2.24) is 14.9 Å². The normalized spacial score (nSPS) is 11.1. The summed E-state index contributed by atoms with van der Waals surface area (Å²) in [6.45, 7) is 5.43. The summed E-state index contributed by atoms with van der Waals surface area (Å²) >= 11 is 0. The summed E-state index contributed by atoms with van der Waals surface area (Å²) in [5, 5.41) is 12.3. The van der Waals surface area contributed by atoms with E-state index < -0.39 is 5.41 Å². The number of imidazole rings is 1. The van der Waals surface area contributed by atoms with E-state index in [4.69, 9.17) is 0 Å². The Morgan fingerprint density at radius 2 is 2.10 bits per heavy atom. The Bertz CT molecular complexity index is 427. The van der Waals surface area contributed by atoms with Crippen LogP contribution in [-0.4, -0.2) is 22.0 Å². The highest BCUT2D eigenvalue weighted by molar-refractivity contribution is 5.85. The molecule has 0 bridgehead atoms. The van der Waals surface area contributed by atoms with Gasteiger partial charge in [-0.15, -0.1) is 0 Å². The van der Waals surface area contributed by atoms with E-state index in [1.165, 1.54) is 0 Å². The Morgan fingerprint density at radius 3 is 2.60 bits per heavy atom. The summed E-state index contributed by atoms with van der Waals surface area (Å²) < 4.78 is 1.97. The van der Waals surface area contributed by atoms with Gasteiger partial charge in [0.1, 0.15) is 5.41 Å². The molecule has 0 fully saturated rings. The van der Waals surface area contributed by atoms with Crippen molar-refractivity contribution in [2.45, 2.75) is 52.5 Å². The smallest absolute Gasteiger partial charge is 0.240 e. The van der Waals surface area contributed by atoms with Gasteiger partial charge in [0.2, 0.25) is 5.91 Å². The molecule has 0 radical (unpaired) electrons. The molecule has 0 saturated carbocycles. The minimum atomic E-state index is -0.849. The fourth-order valence-electron chi connectivity index (χ4n) is 2.42. The molecule has 0 aromatic carbocycles. The van der Waals surface area contributed by atoms with Gasteiger partial charge in [0.25, 0.3) is 0 Å². The Balaban J connectivity index is 2.43. The molecule has 0 spiro atoms. The molecule has 0 aliphatic carbocycles. The van der Waals surface area contributed by atoms with Crippen LogP contribution in [0.5, 0.6) is 0 Å². The van der Waals surface area contributed by atoms with Crippen molar-refractivity contribution in [2.24, 2.45) is 5.41 Å². The van der Waals surface area contributed by atoms with Crippen molar-refractivity contribution in [3.05, 3.63) is 18.7 Å².